The Hall–Kier alpha value is -0.710. The van der Waals surface area contributed by atoms with Crippen LogP contribution in [0.25, 0.3) is 0 Å². The normalized spacial score (nSPS) is 11.4. The number of thioether (sulfide) groups is 1. The Morgan fingerprint density at radius 3 is 2.58 bits per heavy atom. The van der Waals surface area contributed by atoms with E-state index in [1.807, 2.05) is 24.3 Å². The van der Waals surface area contributed by atoms with E-state index >= 15 is 0 Å². The van der Waals surface area contributed by atoms with Gasteiger partial charge in [0.15, 0.2) is 0 Å². The smallest absolute Gasteiger partial charge is 0.220 e. The lowest BCUT2D eigenvalue weighted by atomic mass is 10.1. The summed E-state index contributed by atoms with van der Waals surface area (Å²) in [6.07, 6.45) is 1.28. The molecule has 0 unspecified atom stereocenters. The highest BCUT2D eigenvalue weighted by Gasteiger charge is 2.18. The number of rotatable bonds is 7. The summed E-state index contributed by atoms with van der Waals surface area (Å²) < 4.78 is 0. The summed E-state index contributed by atoms with van der Waals surface area (Å²) in [4.78, 5) is 12.8. The number of carbonyl (C=O) groups excluding carboxylic acids is 1. The number of hydrogen-bond donors (Lipinski definition) is 2. The van der Waals surface area contributed by atoms with E-state index in [0.717, 1.165) is 22.1 Å². The molecular weight excluding hydrogens is 282 g/mol. The zero-order valence-corrected chi connectivity index (χ0v) is 12.9. The van der Waals surface area contributed by atoms with Gasteiger partial charge in [0.1, 0.15) is 0 Å². The summed E-state index contributed by atoms with van der Waals surface area (Å²) in [5.41, 5.74) is -0.541. The number of carbonyl (C=O) groups is 1. The number of aliphatic hydroxyl groups excluding tert-OH is 1. The zero-order valence-electron chi connectivity index (χ0n) is 11.3. The van der Waals surface area contributed by atoms with E-state index in [1.54, 1.807) is 25.6 Å². The zero-order chi connectivity index (χ0) is 14.3. The van der Waals surface area contributed by atoms with Crippen molar-refractivity contribution in [2.24, 2.45) is 0 Å². The Labute approximate surface area is 123 Å². The first kappa shape index (κ1) is 16.3. The van der Waals surface area contributed by atoms with Crippen LogP contribution in [0.3, 0.4) is 0 Å². The van der Waals surface area contributed by atoms with Crippen molar-refractivity contribution in [3.05, 3.63) is 29.3 Å². The van der Waals surface area contributed by atoms with E-state index < -0.39 is 5.54 Å². The summed E-state index contributed by atoms with van der Waals surface area (Å²) in [5, 5.41) is 12.6. The molecule has 3 nitrogen and oxygen atoms in total. The number of halogens is 1. The summed E-state index contributed by atoms with van der Waals surface area (Å²) in [5.74, 6) is 0.866. The SMILES string of the molecule is CC(C)(CO)NC(=O)CCCSc1ccc(Cl)cc1. The maximum atomic E-state index is 11.6. The Kier molecular flexibility index (Phi) is 6.69. The monoisotopic (exact) mass is 301 g/mol. The van der Waals surface area contributed by atoms with Gasteiger partial charge in [-0.15, -0.1) is 11.8 Å². The topological polar surface area (TPSA) is 49.3 Å². The Morgan fingerprint density at radius 1 is 1.37 bits per heavy atom. The highest BCUT2D eigenvalue weighted by Crippen LogP contribution is 2.21. The Balaban J connectivity index is 2.20. The van der Waals surface area contributed by atoms with Crippen LogP contribution < -0.4 is 5.32 Å². The molecule has 5 heteroatoms. The van der Waals surface area contributed by atoms with Gasteiger partial charge < -0.3 is 10.4 Å². The highest BCUT2D eigenvalue weighted by molar-refractivity contribution is 7.99. The van der Waals surface area contributed by atoms with Gasteiger partial charge in [0.05, 0.1) is 12.1 Å². The highest BCUT2D eigenvalue weighted by atomic mass is 35.5. The quantitative estimate of drug-likeness (QED) is 0.601. The van der Waals surface area contributed by atoms with Gasteiger partial charge in [0, 0.05) is 16.3 Å². The summed E-state index contributed by atoms with van der Waals surface area (Å²) in [6, 6.07) is 7.67. The lowest BCUT2D eigenvalue weighted by Gasteiger charge is -2.23. The van der Waals surface area contributed by atoms with Crippen LogP contribution in [0.4, 0.5) is 0 Å². The molecule has 0 saturated heterocycles. The average Bonchev–Trinajstić information content (AvgIpc) is 2.36. The van der Waals surface area contributed by atoms with Crippen molar-refractivity contribution < 1.29 is 9.90 Å². The molecule has 0 bridgehead atoms. The number of benzene rings is 1. The van der Waals surface area contributed by atoms with Crippen LogP contribution in [0.15, 0.2) is 29.2 Å². The second-order valence-corrected chi connectivity index (χ2v) is 6.60. The van der Waals surface area contributed by atoms with Crippen molar-refractivity contribution in [2.45, 2.75) is 37.1 Å². The molecule has 106 valence electrons. The first-order chi connectivity index (χ1) is 8.93. The molecule has 0 aliphatic rings. The van der Waals surface area contributed by atoms with Crippen LogP contribution >= 0.6 is 23.4 Å². The van der Waals surface area contributed by atoms with Crippen molar-refractivity contribution in [2.75, 3.05) is 12.4 Å². The minimum absolute atomic E-state index is 0.0178. The number of amides is 1. The van der Waals surface area contributed by atoms with Crippen molar-refractivity contribution in [1.82, 2.24) is 5.32 Å². The van der Waals surface area contributed by atoms with Gasteiger partial charge in [-0.05, 0) is 50.3 Å². The molecule has 0 radical (unpaired) electrons. The van der Waals surface area contributed by atoms with Crippen LogP contribution in [0, 0.1) is 0 Å². The maximum Gasteiger partial charge on any atom is 0.220 e. The fourth-order valence-corrected chi connectivity index (χ4v) is 2.41. The molecule has 1 rings (SSSR count). The van der Waals surface area contributed by atoms with Crippen LogP contribution in [0.5, 0.6) is 0 Å². The molecule has 0 saturated carbocycles. The number of hydrogen-bond acceptors (Lipinski definition) is 3. The predicted octanol–water partition coefficient (Wildman–Crippen LogP) is 3.10. The molecule has 0 atom stereocenters. The molecule has 1 aromatic rings. The maximum absolute atomic E-state index is 11.6. The van der Waals surface area contributed by atoms with E-state index in [1.165, 1.54) is 0 Å². The van der Waals surface area contributed by atoms with E-state index in [-0.39, 0.29) is 12.5 Å². The first-order valence-corrected chi connectivity index (χ1v) is 7.59. The van der Waals surface area contributed by atoms with Crippen LogP contribution in [0.1, 0.15) is 26.7 Å². The largest absolute Gasteiger partial charge is 0.394 e. The molecule has 1 aromatic carbocycles. The molecule has 0 spiro atoms. The minimum atomic E-state index is -0.541. The Bertz CT molecular complexity index is 406. The van der Waals surface area contributed by atoms with Crippen molar-refractivity contribution in [1.29, 1.82) is 0 Å². The third-order valence-electron chi connectivity index (χ3n) is 2.50. The van der Waals surface area contributed by atoms with E-state index in [0.29, 0.717) is 6.42 Å². The van der Waals surface area contributed by atoms with Crippen molar-refractivity contribution in [3.63, 3.8) is 0 Å². The van der Waals surface area contributed by atoms with Gasteiger partial charge in [-0.1, -0.05) is 11.6 Å². The third-order valence-corrected chi connectivity index (χ3v) is 3.85. The Morgan fingerprint density at radius 2 is 2.00 bits per heavy atom. The predicted molar refractivity (Wildman–Crippen MR) is 80.7 cm³/mol. The van der Waals surface area contributed by atoms with Crippen LogP contribution in [-0.4, -0.2) is 28.9 Å². The van der Waals surface area contributed by atoms with Gasteiger partial charge >= 0.3 is 0 Å². The molecule has 0 fully saturated rings. The number of aliphatic hydroxyl groups is 1. The summed E-state index contributed by atoms with van der Waals surface area (Å²) >= 11 is 7.51. The van der Waals surface area contributed by atoms with E-state index in [2.05, 4.69) is 5.32 Å². The molecule has 19 heavy (non-hydrogen) atoms. The standard InChI is InChI=1S/C14H20ClNO2S/c1-14(2,10-17)16-13(18)4-3-9-19-12-7-5-11(15)6-8-12/h5-8,17H,3-4,9-10H2,1-2H3,(H,16,18). The fourth-order valence-electron chi connectivity index (χ4n) is 1.43. The molecule has 1 amide bonds. The summed E-state index contributed by atoms with van der Waals surface area (Å²) in [7, 11) is 0. The van der Waals surface area contributed by atoms with Gasteiger partial charge in [-0.3, -0.25) is 4.79 Å². The second kappa shape index (κ2) is 7.78. The minimum Gasteiger partial charge on any atom is -0.394 e. The van der Waals surface area contributed by atoms with Gasteiger partial charge in [-0.2, -0.15) is 0 Å². The molecule has 0 aliphatic heterocycles. The molecule has 2 N–H and O–H groups in total. The van der Waals surface area contributed by atoms with Gasteiger partial charge in [0.2, 0.25) is 5.91 Å². The molecule has 0 aromatic heterocycles. The summed E-state index contributed by atoms with van der Waals surface area (Å²) in [6.45, 7) is 3.54. The average molecular weight is 302 g/mol. The van der Waals surface area contributed by atoms with Crippen LogP contribution in [0.2, 0.25) is 5.02 Å². The van der Waals surface area contributed by atoms with E-state index in [9.17, 15) is 4.79 Å². The van der Waals surface area contributed by atoms with Crippen molar-refractivity contribution in [3.8, 4) is 0 Å². The van der Waals surface area contributed by atoms with Gasteiger partial charge in [0.25, 0.3) is 0 Å². The number of nitrogens with one attached hydrogen (secondary N) is 1. The lowest BCUT2D eigenvalue weighted by Crippen LogP contribution is -2.46. The third kappa shape index (κ3) is 6.85. The first-order valence-electron chi connectivity index (χ1n) is 6.23. The van der Waals surface area contributed by atoms with Gasteiger partial charge in [-0.25, -0.2) is 0 Å². The van der Waals surface area contributed by atoms with Crippen LogP contribution in [-0.2, 0) is 4.79 Å². The second-order valence-electron chi connectivity index (χ2n) is 5.00. The fraction of sp³-hybridized carbons (Fsp3) is 0.500. The molecule has 0 aliphatic carbocycles. The van der Waals surface area contributed by atoms with Crippen molar-refractivity contribution >= 4 is 29.3 Å². The lowest BCUT2D eigenvalue weighted by molar-refractivity contribution is -0.123. The molecule has 0 heterocycles. The molecular formula is C14H20ClNO2S. The van der Waals surface area contributed by atoms with E-state index in [4.69, 9.17) is 16.7 Å².